The molecule has 0 aliphatic rings. The molecule has 4 rings (SSSR count). The minimum absolute atomic E-state index is 0.0817. The van der Waals surface area contributed by atoms with Crippen LogP contribution in [0.5, 0.6) is 28.7 Å². The van der Waals surface area contributed by atoms with E-state index >= 15 is 0 Å². The highest BCUT2D eigenvalue weighted by Crippen LogP contribution is 2.31. The number of para-hydroxylation sites is 1. The summed E-state index contributed by atoms with van der Waals surface area (Å²) >= 11 is 0. The molecule has 7 heteroatoms. The molecule has 0 radical (unpaired) electrons. The van der Waals surface area contributed by atoms with Gasteiger partial charge in [-0.05, 0) is 53.5 Å². The van der Waals surface area contributed by atoms with Gasteiger partial charge in [0.25, 0.3) is 0 Å². The van der Waals surface area contributed by atoms with Crippen molar-refractivity contribution in [1.82, 2.24) is 0 Å². The second kappa shape index (κ2) is 10.8. The Morgan fingerprint density at radius 2 is 1.67 bits per heavy atom. The van der Waals surface area contributed by atoms with Crippen molar-refractivity contribution in [1.29, 1.82) is 0 Å². The quantitative estimate of drug-likeness (QED) is 0.163. The summed E-state index contributed by atoms with van der Waals surface area (Å²) in [7, 11) is 3.09. The van der Waals surface area contributed by atoms with Crippen molar-refractivity contribution >= 4 is 23.0 Å². The molecule has 0 fully saturated rings. The molecule has 0 aliphatic carbocycles. The molecule has 36 heavy (non-hydrogen) atoms. The lowest BCUT2D eigenvalue weighted by Gasteiger charge is -2.13. The molecule has 0 bridgehead atoms. The molecule has 1 heterocycles. The minimum Gasteiger partial charge on any atom is -0.493 e. The third-order valence-electron chi connectivity index (χ3n) is 5.51. The van der Waals surface area contributed by atoms with E-state index in [-0.39, 0.29) is 28.4 Å². The highest BCUT2D eigenvalue weighted by Gasteiger charge is 2.14. The van der Waals surface area contributed by atoms with Gasteiger partial charge in [0.15, 0.2) is 11.5 Å². The van der Waals surface area contributed by atoms with Crippen LogP contribution >= 0.6 is 0 Å². The second-order valence-electron chi connectivity index (χ2n) is 8.25. The first-order valence-corrected chi connectivity index (χ1v) is 11.3. The molecule has 0 saturated carbocycles. The van der Waals surface area contributed by atoms with E-state index in [1.165, 1.54) is 31.6 Å². The molecule has 0 saturated heterocycles. The van der Waals surface area contributed by atoms with Crippen LogP contribution in [-0.4, -0.2) is 20.2 Å². The average Bonchev–Trinajstić information content (AvgIpc) is 2.89. The van der Waals surface area contributed by atoms with Crippen molar-refractivity contribution in [3.05, 3.63) is 94.4 Å². The Balaban J connectivity index is 1.50. The van der Waals surface area contributed by atoms with E-state index in [4.69, 9.17) is 23.4 Å². The zero-order valence-corrected chi connectivity index (χ0v) is 20.4. The Kier molecular flexibility index (Phi) is 7.39. The fourth-order valence-corrected chi connectivity index (χ4v) is 3.66. The Hall–Kier alpha value is -4.52. The normalized spacial score (nSPS) is 11.1. The van der Waals surface area contributed by atoms with Crippen molar-refractivity contribution in [3.8, 4) is 28.7 Å². The van der Waals surface area contributed by atoms with Gasteiger partial charge in [-0.3, -0.25) is 4.79 Å². The number of carbonyl (C=O) groups excluding carboxylic acids is 1. The maximum atomic E-state index is 13.0. The molecule has 0 spiro atoms. The van der Waals surface area contributed by atoms with Gasteiger partial charge in [0, 0.05) is 12.1 Å². The van der Waals surface area contributed by atoms with Crippen LogP contribution in [-0.2, 0) is 4.79 Å². The Morgan fingerprint density at radius 3 is 2.42 bits per heavy atom. The lowest BCUT2D eigenvalue weighted by atomic mass is 10.0. The van der Waals surface area contributed by atoms with Crippen LogP contribution in [0.25, 0.3) is 17.0 Å². The third-order valence-corrected chi connectivity index (χ3v) is 5.51. The fourth-order valence-electron chi connectivity index (χ4n) is 3.66. The summed E-state index contributed by atoms with van der Waals surface area (Å²) in [5, 5.41) is 0.315. The zero-order chi connectivity index (χ0) is 25.7. The van der Waals surface area contributed by atoms with E-state index in [0.29, 0.717) is 22.6 Å². The predicted molar refractivity (Wildman–Crippen MR) is 137 cm³/mol. The lowest BCUT2D eigenvalue weighted by molar-refractivity contribution is -0.128. The summed E-state index contributed by atoms with van der Waals surface area (Å²) in [5.41, 5.74) is 1.68. The number of benzene rings is 3. The van der Waals surface area contributed by atoms with Gasteiger partial charge in [0.2, 0.25) is 11.2 Å². The van der Waals surface area contributed by atoms with E-state index in [9.17, 15) is 9.59 Å². The van der Waals surface area contributed by atoms with E-state index in [1.807, 2.05) is 24.3 Å². The number of methoxy groups -OCH3 is 2. The van der Waals surface area contributed by atoms with Crippen molar-refractivity contribution in [2.24, 2.45) is 0 Å². The Bertz CT molecular complexity index is 1480. The molecular weight excluding hydrogens is 460 g/mol. The van der Waals surface area contributed by atoms with Crippen molar-refractivity contribution < 1.29 is 28.2 Å². The molecule has 7 nitrogen and oxygen atoms in total. The van der Waals surface area contributed by atoms with E-state index in [2.05, 4.69) is 13.8 Å². The topological polar surface area (TPSA) is 84.2 Å². The molecule has 0 amide bonds. The van der Waals surface area contributed by atoms with Gasteiger partial charge in [0.05, 0.1) is 19.6 Å². The van der Waals surface area contributed by atoms with Gasteiger partial charge < -0.3 is 23.4 Å². The molecule has 0 N–H and O–H groups in total. The van der Waals surface area contributed by atoms with Gasteiger partial charge in [-0.25, -0.2) is 4.79 Å². The number of hydrogen-bond donors (Lipinski definition) is 0. The van der Waals surface area contributed by atoms with Crippen molar-refractivity contribution in [3.63, 3.8) is 0 Å². The lowest BCUT2D eigenvalue weighted by Crippen LogP contribution is -2.07. The third kappa shape index (κ3) is 5.41. The van der Waals surface area contributed by atoms with Crippen LogP contribution in [0.4, 0.5) is 0 Å². The minimum atomic E-state index is -0.586. The number of ether oxygens (including phenoxy) is 4. The predicted octanol–water partition coefficient (Wildman–Crippen LogP) is 6.34. The largest absolute Gasteiger partial charge is 0.493 e. The van der Waals surface area contributed by atoms with Crippen LogP contribution in [0.1, 0.15) is 30.9 Å². The summed E-state index contributed by atoms with van der Waals surface area (Å²) in [6.45, 7) is 4.11. The van der Waals surface area contributed by atoms with Crippen LogP contribution in [0.2, 0.25) is 0 Å². The number of hydrogen-bond acceptors (Lipinski definition) is 7. The van der Waals surface area contributed by atoms with E-state index in [1.54, 1.807) is 37.5 Å². The summed E-state index contributed by atoms with van der Waals surface area (Å²) < 4.78 is 27.4. The smallest absolute Gasteiger partial charge is 0.336 e. The first kappa shape index (κ1) is 24.6. The van der Waals surface area contributed by atoms with E-state index in [0.717, 1.165) is 11.1 Å². The van der Waals surface area contributed by atoms with Crippen LogP contribution in [0.15, 0.2) is 82.2 Å². The molecule has 4 aromatic rings. The maximum absolute atomic E-state index is 13.0. The maximum Gasteiger partial charge on any atom is 0.336 e. The fraction of sp³-hybridized carbons (Fsp3) is 0.172. The van der Waals surface area contributed by atoms with Crippen molar-refractivity contribution in [2.45, 2.75) is 19.8 Å². The highest BCUT2D eigenvalue weighted by molar-refractivity contribution is 5.89. The van der Waals surface area contributed by atoms with E-state index < -0.39 is 5.97 Å². The number of fused-ring (bicyclic) bond motifs is 1. The second-order valence-corrected chi connectivity index (χ2v) is 8.25. The van der Waals surface area contributed by atoms with Gasteiger partial charge in [0.1, 0.15) is 23.3 Å². The zero-order valence-electron chi connectivity index (χ0n) is 20.4. The van der Waals surface area contributed by atoms with Crippen molar-refractivity contribution in [2.75, 3.05) is 14.2 Å². The number of esters is 1. The molecule has 3 aromatic carbocycles. The highest BCUT2D eigenvalue weighted by atomic mass is 16.5. The van der Waals surface area contributed by atoms with Gasteiger partial charge in [-0.2, -0.15) is 0 Å². The average molecular weight is 487 g/mol. The Labute approximate surface area is 208 Å². The summed E-state index contributed by atoms with van der Waals surface area (Å²) in [4.78, 5) is 25.3. The van der Waals surface area contributed by atoms with Gasteiger partial charge in [-0.15, -0.1) is 0 Å². The standard InChI is InChI=1S/C29H26O7/c1-18(2)21-7-5-6-8-23(21)36-27-17-34-25-16-20(11-12-22(25)29(27)31)35-28(30)14-10-19-9-13-24(32-3)26(15-19)33-4/h5-18H,1-4H3/b14-10+. The van der Waals surface area contributed by atoms with Gasteiger partial charge >= 0.3 is 5.97 Å². The molecule has 0 unspecified atom stereocenters. The molecule has 0 atom stereocenters. The monoisotopic (exact) mass is 486 g/mol. The van der Waals surface area contributed by atoms with Gasteiger partial charge in [-0.1, -0.05) is 38.1 Å². The number of rotatable bonds is 8. The number of carbonyl (C=O) groups is 1. The molecular formula is C29H26O7. The summed E-state index contributed by atoms with van der Waals surface area (Å²) in [6.07, 6.45) is 4.17. The molecule has 1 aromatic heterocycles. The summed E-state index contributed by atoms with van der Waals surface area (Å²) in [6, 6.07) is 17.4. The van der Waals surface area contributed by atoms with Crippen LogP contribution in [0, 0.1) is 0 Å². The van der Waals surface area contributed by atoms with Crippen LogP contribution in [0.3, 0.4) is 0 Å². The molecule has 184 valence electrons. The summed E-state index contributed by atoms with van der Waals surface area (Å²) in [5.74, 6) is 1.71. The Morgan fingerprint density at radius 1 is 0.889 bits per heavy atom. The SMILES string of the molecule is COc1ccc(/C=C/C(=O)Oc2ccc3c(=O)c(Oc4ccccc4C(C)C)coc3c2)cc1OC. The first-order valence-electron chi connectivity index (χ1n) is 11.3. The molecule has 0 aliphatic heterocycles. The van der Waals surface area contributed by atoms with Crippen LogP contribution < -0.4 is 24.4 Å². The first-order chi connectivity index (χ1) is 17.4.